The number of fused-ring (bicyclic) bond motifs is 3. The van der Waals surface area contributed by atoms with Gasteiger partial charge in [0.05, 0.1) is 13.2 Å². The smallest absolute Gasteiger partial charge is 0.328 e. The van der Waals surface area contributed by atoms with Crippen LogP contribution in [0.4, 0.5) is 0 Å². The average molecular weight is 350 g/mol. The summed E-state index contributed by atoms with van der Waals surface area (Å²) in [7, 11) is 1.46. The summed E-state index contributed by atoms with van der Waals surface area (Å²) in [6.07, 6.45) is 4.45. The Kier molecular flexibility index (Phi) is 3.30. The van der Waals surface area contributed by atoms with Gasteiger partial charge in [0.15, 0.2) is 5.78 Å². The highest BCUT2D eigenvalue weighted by molar-refractivity contribution is 5.94. The Bertz CT molecular complexity index is 971. The number of ketones is 1. The van der Waals surface area contributed by atoms with Crippen LogP contribution in [0.2, 0.25) is 0 Å². The van der Waals surface area contributed by atoms with Gasteiger partial charge in [-0.3, -0.25) is 4.79 Å². The van der Waals surface area contributed by atoms with E-state index in [9.17, 15) is 9.59 Å². The topological polar surface area (TPSA) is 51.5 Å². The van der Waals surface area contributed by atoms with E-state index in [0.29, 0.717) is 6.42 Å². The third kappa shape index (κ3) is 1.97. The van der Waals surface area contributed by atoms with Gasteiger partial charge >= 0.3 is 5.97 Å². The second-order valence-corrected chi connectivity index (χ2v) is 7.63. The Labute approximate surface area is 152 Å². The fraction of sp³-hybridized carbons (Fsp3) is 0.429. The standard InChI is InChI=1S/C21H22N2O3/c1-12(24)14-9-13-10-18(21(25)26-2)23-17-6-4-3-5-15(17)16-7-8-22(11-14)19(13)20(16)23/h3-6,11,13,18-19H,7-10H2,1-2H3/t13-,18+,19-/m1/s1. The van der Waals surface area contributed by atoms with Crippen LogP contribution in [0.3, 0.4) is 0 Å². The van der Waals surface area contributed by atoms with Crippen LogP contribution >= 0.6 is 0 Å². The molecule has 0 radical (unpaired) electrons. The molecule has 3 aliphatic rings. The number of methoxy groups -OCH3 is 1. The van der Waals surface area contributed by atoms with Gasteiger partial charge < -0.3 is 14.2 Å². The van der Waals surface area contributed by atoms with E-state index in [1.165, 1.54) is 23.8 Å². The molecule has 0 unspecified atom stereocenters. The molecule has 1 aromatic heterocycles. The molecule has 0 N–H and O–H groups in total. The zero-order chi connectivity index (χ0) is 18.0. The summed E-state index contributed by atoms with van der Waals surface area (Å²) < 4.78 is 7.37. The van der Waals surface area contributed by atoms with Crippen molar-refractivity contribution in [1.29, 1.82) is 0 Å². The zero-order valence-corrected chi connectivity index (χ0v) is 15.1. The van der Waals surface area contributed by atoms with E-state index in [0.717, 1.165) is 30.5 Å². The van der Waals surface area contributed by atoms with Crippen LogP contribution in [0.15, 0.2) is 36.0 Å². The molecule has 0 aliphatic carbocycles. The molecule has 5 heteroatoms. The first-order valence-corrected chi connectivity index (χ1v) is 9.27. The minimum absolute atomic E-state index is 0.134. The summed E-state index contributed by atoms with van der Waals surface area (Å²) in [5.74, 6) is 0.205. The molecular weight excluding hydrogens is 328 g/mol. The van der Waals surface area contributed by atoms with Crippen molar-refractivity contribution in [3.05, 3.63) is 47.3 Å². The van der Waals surface area contributed by atoms with Gasteiger partial charge in [0.25, 0.3) is 0 Å². The lowest BCUT2D eigenvalue weighted by Crippen LogP contribution is -2.45. The summed E-state index contributed by atoms with van der Waals surface area (Å²) >= 11 is 0. The van der Waals surface area contributed by atoms with E-state index in [4.69, 9.17) is 4.74 Å². The molecule has 0 bridgehead atoms. The van der Waals surface area contributed by atoms with Crippen LogP contribution in [0.1, 0.15) is 43.1 Å². The Morgan fingerprint density at radius 1 is 1.23 bits per heavy atom. The van der Waals surface area contributed by atoms with Crippen molar-refractivity contribution < 1.29 is 14.3 Å². The molecule has 1 aromatic carbocycles. The van der Waals surface area contributed by atoms with Gasteiger partial charge in [0.1, 0.15) is 6.04 Å². The number of hydrogen-bond donors (Lipinski definition) is 0. The van der Waals surface area contributed by atoms with Gasteiger partial charge in [-0.25, -0.2) is 4.79 Å². The second kappa shape index (κ2) is 5.47. The largest absolute Gasteiger partial charge is 0.467 e. The average Bonchev–Trinajstić information content (AvgIpc) is 3.00. The van der Waals surface area contributed by atoms with Crippen LogP contribution in [-0.2, 0) is 20.7 Å². The Morgan fingerprint density at radius 2 is 2.04 bits per heavy atom. The zero-order valence-electron chi connectivity index (χ0n) is 15.1. The number of esters is 1. The highest BCUT2D eigenvalue weighted by Crippen LogP contribution is 2.52. The van der Waals surface area contributed by atoms with E-state index in [2.05, 4.69) is 33.9 Å². The molecule has 26 heavy (non-hydrogen) atoms. The minimum Gasteiger partial charge on any atom is -0.467 e. The van der Waals surface area contributed by atoms with Gasteiger partial charge in [0.2, 0.25) is 0 Å². The fourth-order valence-corrected chi connectivity index (χ4v) is 5.27. The molecule has 3 aliphatic heterocycles. The molecular formula is C21H22N2O3. The highest BCUT2D eigenvalue weighted by Gasteiger charge is 2.47. The summed E-state index contributed by atoms with van der Waals surface area (Å²) in [5, 5.41) is 1.25. The fourth-order valence-electron chi connectivity index (χ4n) is 5.27. The molecule has 0 saturated carbocycles. The van der Waals surface area contributed by atoms with Crippen LogP contribution in [0.5, 0.6) is 0 Å². The van der Waals surface area contributed by atoms with Crippen LogP contribution in [0.25, 0.3) is 10.9 Å². The highest BCUT2D eigenvalue weighted by atomic mass is 16.5. The van der Waals surface area contributed by atoms with E-state index in [1.54, 1.807) is 6.92 Å². The Hall–Kier alpha value is -2.56. The Balaban J connectivity index is 1.77. The minimum atomic E-state index is -0.318. The number of aromatic nitrogens is 1. The van der Waals surface area contributed by atoms with Crippen LogP contribution in [0, 0.1) is 5.92 Å². The molecule has 4 heterocycles. The summed E-state index contributed by atoms with van der Waals surface area (Å²) in [4.78, 5) is 27.0. The number of benzene rings is 1. The number of rotatable bonds is 2. The number of hydrogen-bond acceptors (Lipinski definition) is 4. The maximum atomic E-state index is 12.6. The second-order valence-electron chi connectivity index (χ2n) is 7.63. The lowest BCUT2D eigenvalue weighted by atomic mass is 9.76. The van der Waals surface area contributed by atoms with E-state index >= 15 is 0 Å². The molecule has 5 rings (SSSR count). The van der Waals surface area contributed by atoms with Gasteiger partial charge in [-0.1, -0.05) is 18.2 Å². The Morgan fingerprint density at radius 3 is 2.81 bits per heavy atom. The van der Waals surface area contributed by atoms with Crippen LogP contribution < -0.4 is 0 Å². The first-order valence-electron chi connectivity index (χ1n) is 9.27. The van der Waals surface area contributed by atoms with Crippen molar-refractivity contribution in [3.63, 3.8) is 0 Å². The van der Waals surface area contributed by atoms with Crippen molar-refractivity contribution >= 4 is 22.7 Å². The quantitative estimate of drug-likeness (QED) is 0.781. The van der Waals surface area contributed by atoms with E-state index < -0.39 is 0 Å². The van der Waals surface area contributed by atoms with Crippen molar-refractivity contribution in [1.82, 2.24) is 9.47 Å². The van der Waals surface area contributed by atoms with Crippen molar-refractivity contribution in [2.45, 2.75) is 38.3 Å². The number of Topliss-reactive ketones (excluding diaryl/α,β-unsaturated/α-hetero) is 1. The van der Waals surface area contributed by atoms with Crippen LogP contribution in [-0.4, -0.2) is 34.9 Å². The maximum Gasteiger partial charge on any atom is 0.328 e. The number of nitrogens with zero attached hydrogens (tertiary/aromatic N) is 2. The van der Waals surface area contributed by atoms with Gasteiger partial charge in [-0.2, -0.15) is 0 Å². The number of ether oxygens (including phenoxy) is 1. The number of para-hydroxylation sites is 1. The predicted octanol–water partition coefficient (Wildman–Crippen LogP) is 3.15. The lowest BCUT2D eigenvalue weighted by Gasteiger charge is -2.48. The maximum absolute atomic E-state index is 12.6. The lowest BCUT2D eigenvalue weighted by molar-refractivity contribution is -0.146. The van der Waals surface area contributed by atoms with Crippen molar-refractivity contribution in [2.75, 3.05) is 13.7 Å². The monoisotopic (exact) mass is 350 g/mol. The van der Waals surface area contributed by atoms with Gasteiger partial charge in [0, 0.05) is 34.9 Å². The molecule has 0 fully saturated rings. The summed E-state index contributed by atoms with van der Waals surface area (Å²) in [5.41, 5.74) is 4.61. The molecule has 0 amide bonds. The summed E-state index contributed by atoms with van der Waals surface area (Å²) in [6, 6.07) is 8.29. The van der Waals surface area contributed by atoms with Gasteiger partial charge in [-0.05, 0) is 43.7 Å². The number of carbonyl (C=O) groups is 2. The normalized spacial score (nSPS) is 26.3. The van der Waals surface area contributed by atoms with Gasteiger partial charge in [-0.15, -0.1) is 0 Å². The summed E-state index contributed by atoms with van der Waals surface area (Å²) in [6.45, 7) is 2.56. The van der Waals surface area contributed by atoms with E-state index in [-0.39, 0.29) is 29.8 Å². The van der Waals surface area contributed by atoms with Crippen molar-refractivity contribution in [3.8, 4) is 0 Å². The first-order chi connectivity index (χ1) is 12.6. The first kappa shape index (κ1) is 15.7. The third-order valence-corrected chi connectivity index (χ3v) is 6.33. The van der Waals surface area contributed by atoms with E-state index in [1.807, 2.05) is 6.07 Å². The molecule has 0 saturated heterocycles. The predicted molar refractivity (Wildman–Crippen MR) is 97.6 cm³/mol. The molecule has 134 valence electrons. The molecule has 5 nitrogen and oxygen atoms in total. The third-order valence-electron chi connectivity index (χ3n) is 6.33. The van der Waals surface area contributed by atoms with Crippen molar-refractivity contribution in [2.24, 2.45) is 5.92 Å². The molecule has 3 atom stereocenters. The molecule has 0 spiro atoms. The number of carbonyl (C=O) groups excluding carboxylic acids is 2. The SMILES string of the molecule is COC(=O)[C@@H]1C[C@H]2CC(C(C)=O)=CN3CCc4c(n1c1ccccc41)[C@@H]23. The number of allylic oxidation sites excluding steroid dienone is 1. The molecule has 2 aromatic rings.